The molecular formula is C25H28N2O6S. The summed E-state index contributed by atoms with van der Waals surface area (Å²) in [5.74, 6) is 1.06. The van der Waals surface area contributed by atoms with Crippen LogP contribution in [0.1, 0.15) is 17.4 Å². The third-order valence-corrected chi connectivity index (χ3v) is 6.93. The Bertz CT molecular complexity index is 1150. The first-order valence-corrected chi connectivity index (χ1v) is 11.7. The first kappa shape index (κ1) is 23.8. The van der Waals surface area contributed by atoms with Gasteiger partial charge in [0.1, 0.15) is 11.6 Å². The van der Waals surface area contributed by atoms with E-state index in [-0.39, 0.29) is 6.42 Å². The van der Waals surface area contributed by atoms with Gasteiger partial charge in [-0.15, -0.1) is 11.3 Å². The van der Waals surface area contributed by atoms with E-state index >= 15 is 0 Å². The molecule has 0 bridgehead atoms. The van der Waals surface area contributed by atoms with Gasteiger partial charge in [-0.3, -0.25) is 5.41 Å². The first-order valence-electron chi connectivity index (χ1n) is 10.9. The van der Waals surface area contributed by atoms with Gasteiger partial charge in [-0.05, 0) is 48.7 Å². The third-order valence-electron chi connectivity index (χ3n) is 5.84. The molecule has 1 saturated heterocycles. The van der Waals surface area contributed by atoms with Crippen LogP contribution in [0.5, 0.6) is 17.2 Å². The number of fused-ring (bicyclic) bond motifs is 1. The molecule has 180 valence electrons. The van der Waals surface area contributed by atoms with Gasteiger partial charge in [0.05, 0.1) is 27.4 Å². The average Bonchev–Trinajstić information content (AvgIpc) is 3.24. The number of rotatable bonds is 8. The Morgan fingerprint density at radius 3 is 2.38 bits per heavy atom. The molecule has 1 unspecified atom stereocenters. The zero-order valence-electron chi connectivity index (χ0n) is 19.4. The van der Waals surface area contributed by atoms with Crippen molar-refractivity contribution in [1.82, 2.24) is 4.90 Å². The minimum Gasteiger partial charge on any atom is -0.493 e. The zero-order chi connectivity index (χ0) is 24.3. The molecule has 2 heterocycles. The summed E-state index contributed by atoms with van der Waals surface area (Å²) in [6.07, 6.45) is 0.192. The molecule has 4 rings (SSSR count). The second-order valence-corrected chi connectivity index (χ2v) is 9.41. The number of benzene rings is 2. The molecule has 2 aromatic carbocycles. The van der Waals surface area contributed by atoms with Crippen LogP contribution < -0.4 is 14.2 Å². The van der Waals surface area contributed by atoms with Gasteiger partial charge in [0.15, 0.2) is 11.5 Å². The predicted molar refractivity (Wildman–Crippen MR) is 131 cm³/mol. The van der Waals surface area contributed by atoms with Gasteiger partial charge in [-0.2, -0.15) is 0 Å². The number of nitrogens with zero attached hydrogens (tertiary/aromatic N) is 1. The van der Waals surface area contributed by atoms with Crippen molar-refractivity contribution in [2.45, 2.75) is 18.9 Å². The number of aliphatic carboxylic acids is 1. The number of hydrogen-bond acceptors (Lipinski definition) is 7. The smallest absolute Gasteiger partial charge is 0.348 e. The average molecular weight is 485 g/mol. The molecule has 1 aliphatic heterocycles. The lowest BCUT2D eigenvalue weighted by molar-refractivity contribution is -0.153. The van der Waals surface area contributed by atoms with Crippen molar-refractivity contribution >= 4 is 33.2 Å². The van der Waals surface area contributed by atoms with Gasteiger partial charge in [0, 0.05) is 40.7 Å². The largest absolute Gasteiger partial charge is 0.493 e. The Labute approximate surface area is 202 Å². The number of carboxylic acid groups (broad SMARTS) is 1. The maximum absolute atomic E-state index is 12.2. The van der Waals surface area contributed by atoms with E-state index in [0.29, 0.717) is 49.4 Å². The molecule has 0 saturated carbocycles. The Hall–Kier alpha value is -3.30. The summed E-state index contributed by atoms with van der Waals surface area (Å²) in [6, 6.07) is 12.7. The van der Waals surface area contributed by atoms with E-state index in [1.165, 1.54) is 11.3 Å². The lowest BCUT2D eigenvalue weighted by Crippen LogP contribution is -2.43. The minimum absolute atomic E-state index is 0.192. The fraction of sp³-hybridized carbons (Fsp3) is 0.360. The normalized spacial score (nSPS) is 15.6. The van der Waals surface area contributed by atoms with Crippen LogP contribution in [0, 0.1) is 5.41 Å². The lowest BCUT2D eigenvalue weighted by atomic mass is 10.0. The van der Waals surface area contributed by atoms with Gasteiger partial charge in [0.25, 0.3) is 0 Å². The molecule has 1 atom stereocenters. The molecule has 9 heteroatoms. The molecule has 0 amide bonds. The number of nitrogens with one attached hydrogen (secondary N) is 1. The van der Waals surface area contributed by atoms with Crippen LogP contribution in [-0.2, 0) is 16.0 Å². The van der Waals surface area contributed by atoms with Crippen molar-refractivity contribution in [2.75, 3.05) is 40.5 Å². The quantitative estimate of drug-likeness (QED) is 0.368. The maximum atomic E-state index is 12.2. The van der Waals surface area contributed by atoms with Crippen molar-refractivity contribution in [3.05, 3.63) is 52.9 Å². The molecule has 1 fully saturated rings. The van der Waals surface area contributed by atoms with Crippen LogP contribution in [0.15, 0.2) is 42.5 Å². The number of carbonyl (C=O) groups is 1. The second kappa shape index (κ2) is 9.90. The van der Waals surface area contributed by atoms with Crippen LogP contribution in [0.25, 0.3) is 10.1 Å². The van der Waals surface area contributed by atoms with Gasteiger partial charge in [-0.25, -0.2) is 4.79 Å². The van der Waals surface area contributed by atoms with Gasteiger partial charge < -0.3 is 29.0 Å². The molecule has 2 N–H and O–H groups in total. The number of carboxylic acids is 1. The number of thiophene rings is 1. The van der Waals surface area contributed by atoms with E-state index in [0.717, 1.165) is 20.5 Å². The van der Waals surface area contributed by atoms with E-state index in [4.69, 9.17) is 24.4 Å². The van der Waals surface area contributed by atoms with Crippen LogP contribution >= 0.6 is 11.3 Å². The topological polar surface area (TPSA) is 101 Å². The lowest BCUT2D eigenvalue weighted by Gasteiger charge is -2.29. The van der Waals surface area contributed by atoms with E-state index in [1.54, 1.807) is 45.4 Å². The summed E-state index contributed by atoms with van der Waals surface area (Å²) in [5.41, 5.74) is -0.715. The maximum Gasteiger partial charge on any atom is 0.348 e. The molecule has 8 nitrogen and oxygen atoms in total. The van der Waals surface area contributed by atoms with Crippen LogP contribution in [0.2, 0.25) is 0 Å². The summed E-state index contributed by atoms with van der Waals surface area (Å²) < 4.78 is 23.1. The Balaban J connectivity index is 1.52. The Kier molecular flexibility index (Phi) is 6.95. The Morgan fingerprint density at radius 2 is 1.76 bits per heavy atom. The number of ether oxygens (including phenoxy) is 4. The molecule has 1 aromatic heterocycles. The fourth-order valence-corrected chi connectivity index (χ4v) is 5.12. The molecule has 0 spiro atoms. The van der Waals surface area contributed by atoms with Crippen LogP contribution in [0.4, 0.5) is 0 Å². The first-order chi connectivity index (χ1) is 16.3. The van der Waals surface area contributed by atoms with E-state index in [9.17, 15) is 9.90 Å². The summed E-state index contributed by atoms with van der Waals surface area (Å²) in [4.78, 5) is 15.1. The SMILES string of the molecule is COc1cc2cc(CC(C)(Oc3ccc(C(=N)N4CCOCC4)cc3)C(=O)O)sc2cc1OC. The van der Waals surface area contributed by atoms with Crippen molar-refractivity contribution < 1.29 is 28.8 Å². The zero-order valence-corrected chi connectivity index (χ0v) is 20.2. The van der Waals surface area contributed by atoms with Gasteiger partial charge in [-0.1, -0.05) is 0 Å². The second-order valence-electron chi connectivity index (χ2n) is 8.24. The molecule has 0 aliphatic carbocycles. The van der Waals surface area contributed by atoms with Gasteiger partial charge >= 0.3 is 5.97 Å². The highest BCUT2D eigenvalue weighted by atomic mass is 32.1. The molecule has 3 aromatic rings. The van der Waals surface area contributed by atoms with Crippen LogP contribution in [0.3, 0.4) is 0 Å². The van der Waals surface area contributed by atoms with E-state index in [1.807, 2.05) is 23.1 Å². The number of amidine groups is 1. The molecule has 34 heavy (non-hydrogen) atoms. The monoisotopic (exact) mass is 484 g/mol. The number of morpholine rings is 1. The van der Waals surface area contributed by atoms with E-state index < -0.39 is 11.6 Å². The Morgan fingerprint density at radius 1 is 1.12 bits per heavy atom. The van der Waals surface area contributed by atoms with Crippen molar-refractivity contribution in [3.8, 4) is 17.2 Å². The third kappa shape index (κ3) is 4.95. The predicted octanol–water partition coefficient (Wildman–Crippen LogP) is 4.04. The van der Waals surface area contributed by atoms with E-state index in [2.05, 4.69) is 0 Å². The van der Waals surface area contributed by atoms with Gasteiger partial charge in [0.2, 0.25) is 5.60 Å². The number of hydrogen-bond donors (Lipinski definition) is 2. The van der Waals surface area contributed by atoms with Crippen molar-refractivity contribution in [2.24, 2.45) is 0 Å². The van der Waals surface area contributed by atoms with Crippen molar-refractivity contribution in [3.63, 3.8) is 0 Å². The highest BCUT2D eigenvalue weighted by Gasteiger charge is 2.37. The molecule has 0 radical (unpaired) electrons. The highest BCUT2D eigenvalue weighted by molar-refractivity contribution is 7.19. The number of methoxy groups -OCH3 is 2. The summed E-state index contributed by atoms with van der Waals surface area (Å²) in [6.45, 7) is 4.16. The summed E-state index contributed by atoms with van der Waals surface area (Å²) in [7, 11) is 3.17. The van der Waals surface area contributed by atoms with Crippen LogP contribution in [-0.4, -0.2) is 67.9 Å². The highest BCUT2D eigenvalue weighted by Crippen LogP contribution is 2.37. The summed E-state index contributed by atoms with van der Waals surface area (Å²) in [5, 5.41) is 19.4. The molecule has 1 aliphatic rings. The summed E-state index contributed by atoms with van der Waals surface area (Å²) >= 11 is 1.50. The standard InChI is InChI=1S/C25H28N2O6S/c1-25(24(28)29,15-19-12-17-13-20(30-2)21(31-3)14-22(17)34-19)33-18-6-4-16(5-7-18)23(26)27-8-10-32-11-9-27/h4-7,12-14,26H,8-11,15H2,1-3H3,(H,28,29). The van der Waals surface area contributed by atoms with Crippen molar-refractivity contribution in [1.29, 1.82) is 5.41 Å². The molecular weight excluding hydrogens is 456 g/mol. The minimum atomic E-state index is -1.46. The fourth-order valence-electron chi connectivity index (χ4n) is 3.91.